The molecule has 0 radical (unpaired) electrons. The summed E-state index contributed by atoms with van der Waals surface area (Å²) < 4.78 is 13.0. The lowest BCUT2D eigenvalue weighted by Gasteiger charge is -2.19. The van der Waals surface area contributed by atoms with E-state index < -0.39 is 0 Å². The van der Waals surface area contributed by atoms with Crippen LogP contribution in [0.25, 0.3) is 11.6 Å². The molecule has 8 nitrogen and oxygen atoms in total. The van der Waals surface area contributed by atoms with Crippen molar-refractivity contribution in [3.8, 4) is 11.6 Å². The van der Waals surface area contributed by atoms with Crippen LogP contribution < -0.4 is 0 Å². The number of hydrogen-bond acceptors (Lipinski definition) is 8. The molecule has 0 saturated heterocycles. The fourth-order valence-electron chi connectivity index (χ4n) is 3.50. The van der Waals surface area contributed by atoms with E-state index in [1.165, 1.54) is 11.8 Å². The molecular formula is C21H19N5O3S2. The maximum atomic E-state index is 13.2. The molecule has 4 aromatic rings. The monoisotopic (exact) mass is 453 g/mol. The van der Waals surface area contributed by atoms with Crippen LogP contribution in [0, 0.1) is 0 Å². The molecule has 31 heavy (non-hydrogen) atoms. The lowest BCUT2D eigenvalue weighted by molar-refractivity contribution is -0.130. The van der Waals surface area contributed by atoms with Crippen LogP contribution in [-0.2, 0) is 11.3 Å². The minimum absolute atomic E-state index is 0.108. The van der Waals surface area contributed by atoms with Gasteiger partial charge < -0.3 is 8.83 Å². The van der Waals surface area contributed by atoms with Gasteiger partial charge in [0.05, 0.1) is 28.9 Å². The molecule has 0 N–H and O–H groups in total. The number of hydrazone groups is 1. The molecule has 1 unspecified atom stereocenters. The van der Waals surface area contributed by atoms with Crippen molar-refractivity contribution in [1.82, 2.24) is 19.8 Å². The summed E-state index contributed by atoms with van der Waals surface area (Å²) in [7, 11) is 0. The van der Waals surface area contributed by atoms with Crippen LogP contribution in [0.3, 0.4) is 0 Å². The van der Waals surface area contributed by atoms with E-state index in [1.54, 1.807) is 28.9 Å². The Labute approximate surface area is 186 Å². The Bertz CT molecular complexity index is 1180. The number of hydrogen-bond donors (Lipinski definition) is 0. The average Bonchev–Trinajstić information content (AvgIpc) is 3.62. The van der Waals surface area contributed by atoms with E-state index in [2.05, 4.69) is 15.3 Å². The van der Waals surface area contributed by atoms with Gasteiger partial charge in [0.1, 0.15) is 11.8 Å². The molecule has 5 heterocycles. The summed E-state index contributed by atoms with van der Waals surface area (Å²) in [6.45, 7) is 2.67. The second-order valence-corrected chi connectivity index (χ2v) is 8.70. The summed E-state index contributed by atoms with van der Waals surface area (Å²) in [5.41, 5.74) is 0.895. The molecule has 0 spiro atoms. The summed E-state index contributed by atoms with van der Waals surface area (Å²) in [5.74, 6) is 2.10. The van der Waals surface area contributed by atoms with E-state index in [9.17, 15) is 4.79 Å². The van der Waals surface area contributed by atoms with Crippen LogP contribution in [0.1, 0.15) is 30.0 Å². The van der Waals surface area contributed by atoms with Gasteiger partial charge in [-0.05, 0) is 42.6 Å². The molecule has 1 atom stereocenters. The number of furan rings is 2. The van der Waals surface area contributed by atoms with Gasteiger partial charge in [-0.1, -0.05) is 17.8 Å². The predicted octanol–water partition coefficient (Wildman–Crippen LogP) is 4.68. The zero-order chi connectivity index (χ0) is 21.2. The van der Waals surface area contributed by atoms with Crippen LogP contribution in [0.5, 0.6) is 0 Å². The predicted molar refractivity (Wildman–Crippen MR) is 118 cm³/mol. The second kappa shape index (κ2) is 8.56. The van der Waals surface area contributed by atoms with Gasteiger partial charge in [0.15, 0.2) is 16.7 Å². The summed E-state index contributed by atoms with van der Waals surface area (Å²) >= 11 is 2.96. The zero-order valence-electron chi connectivity index (χ0n) is 16.7. The third kappa shape index (κ3) is 3.84. The number of amides is 1. The molecule has 1 amide bonds. The van der Waals surface area contributed by atoms with Crippen molar-refractivity contribution in [2.24, 2.45) is 5.10 Å². The quantitative estimate of drug-likeness (QED) is 0.377. The number of carbonyl (C=O) groups excluding carboxylic acids is 1. The Hall–Kier alpha value is -3.11. The largest absolute Gasteiger partial charge is 0.467 e. The normalized spacial score (nSPS) is 16.1. The molecule has 5 rings (SSSR count). The standard InChI is InChI=1S/C21H19N5O3S2/c1-2-25-20(17-7-4-10-29-17)22-23-21(25)31-13-19(27)26-15(16-6-3-9-28-16)12-14(24-26)18-8-5-11-30-18/h3-11,15H,2,12-13H2,1H3. The Morgan fingerprint density at radius 1 is 1.19 bits per heavy atom. The van der Waals surface area contributed by atoms with E-state index in [0.29, 0.717) is 29.7 Å². The van der Waals surface area contributed by atoms with Crippen molar-refractivity contribution in [3.05, 3.63) is 64.9 Å². The summed E-state index contributed by atoms with van der Waals surface area (Å²) in [6.07, 6.45) is 3.85. The maximum absolute atomic E-state index is 13.2. The van der Waals surface area contributed by atoms with Gasteiger partial charge in [0.2, 0.25) is 0 Å². The fourth-order valence-corrected chi connectivity index (χ4v) is 5.07. The number of rotatable bonds is 7. The molecule has 0 fully saturated rings. The van der Waals surface area contributed by atoms with Crippen LogP contribution in [0.4, 0.5) is 0 Å². The first-order valence-electron chi connectivity index (χ1n) is 9.81. The highest BCUT2D eigenvalue weighted by molar-refractivity contribution is 7.99. The minimum atomic E-state index is -0.247. The van der Waals surface area contributed by atoms with Crippen molar-refractivity contribution in [3.63, 3.8) is 0 Å². The van der Waals surface area contributed by atoms with Crippen molar-refractivity contribution in [1.29, 1.82) is 0 Å². The average molecular weight is 454 g/mol. The second-order valence-electron chi connectivity index (χ2n) is 6.81. The van der Waals surface area contributed by atoms with Crippen molar-refractivity contribution < 1.29 is 13.6 Å². The molecule has 0 aliphatic carbocycles. The van der Waals surface area contributed by atoms with Crippen molar-refractivity contribution >= 4 is 34.7 Å². The summed E-state index contributed by atoms with van der Waals surface area (Å²) in [5, 5.41) is 17.4. The maximum Gasteiger partial charge on any atom is 0.253 e. The van der Waals surface area contributed by atoms with E-state index in [0.717, 1.165) is 16.3 Å². The third-order valence-corrected chi connectivity index (χ3v) is 6.81. The number of thioether (sulfide) groups is 1. The van der Waals surface area contributed by atoms with Crippen LogP contribution in [0.2, 0.25) is 0 Å². The number of carbonyl (C=O) groups is 1. The third-order valence-electron chi connectivity index (χ3n) is 4.94. The fraction of sp³-hybridized carbons (Fsp3) is 0.238. The molecular weight excluding hydrogens is 434 g/mol. The van der Waals surface area contributed by atoms with Crippen LogP contribution >= 0.6 is 23.1 Å². The summed E-state index contributed by atoms with van der Waals surface area (Å²) in [6, 6.07) is 11.1. The van der Waals surface area contributed by atoms with E-state index >= 15 is 0 Å². The van der Waals surface area contributed by atoms with Gasteiger partial charge in [-0.2, -0.15) is 5.10 Å². The van der Waals surface area contributed by atoms with E-state index in [1.807, 2.05) is 53.3 Å². The number of thiophene rings is 1. The lowest BCUT2D eigenvalue weighted by Crippen LogP contribution is -2.28. The Morgan fingerprint density at radius 3 is 2.77 bits per heavy atom. The van der Waals surface area contributed by atoms with Gasteiger partial charge >= 0.3 is 0 Å². The molecule has 158 valence electrons. The molecule has 1 aliphatic heterocycles. The Morgan fingerprint density at radius 2 is 2.06 bits per heavy atom. The first-order chi connectivity index (χ1) is 15.2. The van der Waals surface area contributed by atoms with Gasteiger partial charge in [-0.3, -0.25) is 9.36 Å². The highest BCUT2D eigenvalue weighted by Gasteiger charge is 2.35. The molecule has 1 aliphatic rings. The first-order valence-corrected chi connectivity index (χ1v) is 11.7. The van der Waals surface area contributed by atoms with E-state index in [-0.39, 0.29) is 17.7 Å². The molecule has 4 aromatic heterocycles. The number of aromatic nitrogens is 3. The Kier molecular flexibility index (Phi) is 5.47. The summed E-state index contributed by atoms with van der Waals surface area (Å²) in [4.78, 5) is 14.2. The first kappa shape index (κ1) is 19.8. The molecule has 0 aromatic carbocycles. The highest BCUT2D eigenvalue weighted by Crippen LogP contribution is 2.35. The van der Waals surface area contributed by atoms with Crippen LogP contribution in [0.15, 0.2) is 73.4 Å². The van der Waals surface area contributed by atoms with Crippen LogP contribution in [-0.4, -0.2) is 37.1 Å². The zero-order valence-corrected chi connectivity index (χ0v) is 18.3. The Balaban J connectivity index is 1.35. The topological polar surface area (TPSA) is 89.7 Å². The van der Waals surface area contributed by atoms with Crippen molar-refractivity contribution in [2.45, 2.75) is 31.1 Å². The van der Waals surface area contributed by atoms with Gasteiger partial charge in [-0.15, -0.1) is 21.5 Å². The van der Waals surface area contributed by atoms with Gasteiger partial charge in [-0.25, -0.2) is 5.01 Å². The lowest BCUT2D eigenvalue weighted by atomic mass is 10.1. The SMILES string of the molecule is CCn1c(SCC(=O)N2N=C(c3cccs3)CC2c2ccco2)nnc1-c1ccco1. The van der Waals surface area contributed by atoms with E-state index in [4.69, 9.17) is 8.83 Å². The van der Waals surface area contributed by atoms with Gasteiger partial charge in [0, 0.05) is 13.0 Å². The number of nitrogens with zero attached hydrogens (tertiary/aromatic N) is 5. The molecule has 10 heteroatoms. The van der Waals surface area contributed by atoms with Crippen molar-refractivity contribution in [2.75, 3.05) is 5.75 Å². The van der Waals surface area contributed by atoms with Gasteiger partial charge in [0.25, 0.3) is 5.91 Å². The minimum Gasteiger partial charge on any atom is -0.467 e. The smallest absolute Gasteiger partial charge is 0.253 e. The highest BCUT2D eigenvalue weighted by atomic mass is 32.2. The molecule has 0 bridgehead atoms. The molecule has 0 saturated carbocycles.